The first-order valence-corrected chi connectivity index (χ1v) is 25.9. The van der Waals surface area contributed by atoms with E-state index in [-0.39, 0.29) is 33.6 Å². The summed E-state index contributed by atoms with van der Waals surface area (Å²) in [6.07, 6.45) is 0. The fourth-order valence-electron chi connectivity index (χ4n) is 6.59. The van der Waals surface area contributed by atoms with Crippen LogP contribution in [0.3, 0.4) is 0 Å². The highest BCUT2D eigenvalue weighted by molar-refractivity contribution is 7.88. The molecule has 4 amide bonds. The third-order valence-electron chi connectivity index (χ3n) is 9.27. The number of hydroxylamine groups is 1. The van der Waals surface area contributed by atoms with E-state index in [1.165, 1.54) is 30.3 Å². The molecule has 0 radical (unpaired) electrons. The van der Waals surface area contributed by atoms with Crippen LogP contribution in [-0.4, -0.2) is 91.1 Å². The average molecular weight is 1030 g/mol. The van der Waals surface area contributed by atoms with Crippen molar-refractivity contribution in [2.45, 2.75) is 29.4 Å². The molecule has 25 nitrogen and oxygen atoms in total. The third-order valence-corrected chi connectivity index (χ3v) is 14.8. The Bertz CT molecular complexity index is 3880. The lowest BCUT2D eigenvalue weighted by Crippen LogP contribution is -2.36. The molecule has 6 aromatic rings. The lowest BCUT2D eigenvalue weighted by Gasteiger charge is -2.28. The maximum atomic E-state index is 13.8. The van der Waals surface area contributed by atoms with Gasteiger partial charge in [-0.05, 0) is 84.9 Å². The number of anilines is 4. The van der Waals surface area contributed by atoms with Crippen LogP contribution >= 0.6 is 0 Å². The lowest BCUT2D eigenvalue weighted by atomic mass is 10.1. The second-order valence-electron chi connectivity index (χ2n) is 13.6. The van der Waals surface area contributed by atoms with Crippen molar-refractivity contribution in [3.8, 4) is 0 Å². The molecule has 0 saturated carbocycles. The van der Waals surface area contributed by atoms with Gasteiger partial charge in [-0.3, -0.25) is 32.4 Å². The van der Waals surface area contributed by atoms with Crippen LogP contribution in [0.1, 0.15) is 20.7 Å². The molecule has 0 bridgehead atoms. The van der Waals surface area contributed by atoms with Gasteiger partial charge in [-0.1, -0.05) is 12.1 Å². The van der Waals surface area contributed by atoms with Gasteiger partial charge < -0.3 is 16.0 Å². The minimum Gasteiger partial charge on any atom is -0.321 e. The van der Waals surface area contributed by atoms with Crippen molar-refractivity contribution >= 4 is 123 Å². The first-order chi connectivity index (χ1) is 30.3. The number of hydrogen-bond acceptors (Lipinski definition) is 16. The molecule has 6 aromatic carbocycles. The Hall–Kier alpha value is -6.49. The molecule has 346 valence electrons. The molecule has 0 fully saturated rings. The quantitative estimate of drug-likeness (QED) is 0.0911. The SMILES string of the molecule is O=C(Nc1cccc(C(=O)Nc2ccc(S(=O)(=O)O)c3cc(S(=O)(=O)O)cc(S(=O)(=O)O)c23)c1)Nc1cccc(C(=O)N2OS(=O)(=O)c3cc(S(=O)(=O)O)cc4c(S(=O)(=O)O)ccc2c34)c1. The van der Waals surface area contributed by atoms with Crippen molar-refractivity contribution in [1.82, 2.24) is 0 Å². The number of nitrogens with one attached hydrogen (secondary N) is 3. The summed E-state index contributed by atoms with van der Waals surface area (Å²) < 4.78 is 201. The number of fused-ring (bicyclic) bond motifs is 1. The van der Waals surface area contributed by atoms with Gasteiger partial charge in [0.15, 0.2) is 0 Å². The summed E-state index contributed by atoms with van der Waals surface area (Å²) in [6, 6.07) is 13.3. The van der Waals surface area contributed by atoms with Crippen LogP contribution in [0.4, 0.5) is 27.5 Å². The van der Waals surface area contributed by atoms with Crippen LogP contribution in [0.15, 0.2) is 126 Å². The number of rotatable bonds is 10. The van der Waals surface area contributed by atoms with Gasteiger partial charge in [0, 0.05) is 44.0 Å². The summed E-state index contributed by atoms with van der Waals surface area (Å²) >= 11 is 0. The Kier molecular flexibility index (Phi) is 11.6. The summed E-state index contributed by atoms with van der Waals surface area (Å²) in [5, 5.41) is 4.25. The highest BCUT2D eigenvalue weighted by Gasteiger charge is 2.38. The molecular formula is C35H24N4O21S6. The van der Waals surface area contributed by atoms with Gasteiger partial charge in [-0.25, -0.2) is 4.79 Å². The van der Waals surface area contributed by atoms with E-state index in [4.69, 9.17) is 4.28 Å². The number of urea groups is 1. The second kappa shape index (κ2) is 16.1. The van der Waals surface area contributed by atoms with Crippen molar-refractivity contribution in [3.63, 3.8) is 0 Å². The molecule has 0 saturated heterocycles. The summed E-state index contributed by atoms with van der Waals surface area (Å²) in [7, 11) is -31.5. The number of nitrogens with zero attached hydrogens (tertiary/aromatic N) is 1. The number of amides is 4. The van der Waals surface area contributed by atoms with E-state index < -0.39 is 141 Å². The Balaban J connectivity index is 1.15. The third kappa shape index (κ3) is 9.30. The smallest absolute Gasteiger partial charge is 0.321 e. The predicted octanol–water partition coefficient (Wildman–Crippen LogP) is 3.40. The molecule has 1 aliphatic heterocycles. The summed E-state index contributed by atoms with van der Waals surface area (Å²) in [5.41, 5.74) is -1.84. The van der Waals surface area contributed by atoms with Crippen LogP contribution in [-0.2, 0) is 65.0 Å². The predicted molar refractivity (Wildman–Crippen MR) is 226 cm³/mol. The van der Waals surface area contributed by atoms with Gasteiger partial charge in [0.05, 0.1) is 21.2 Å². The van der Waals surface area contributed by atoms with E-state index in [0.717, 1.165) is 30.3 Å². The zero-order valence-electron chi connectivity index (χ0n) is 31.9. The molecule has 0 unspecified atom stereocenters. The molecule has 0 spiro atoms. The molecule has 1 aliphatic rings. The minimum atomic E-state index is -5.45. The standard InChI is InChI=1S/C35H24N4O21S6/c40-33(38-25-7-9-27(63(49,50)51)23-13-21(61(43,44)45)15-29(31(23)25)65(55,56)57)17-3-1-5-19(11-17)36-35(42)37-20-6-2-4-18(12-20)34(41)39-26-8-10-28(64(52,53)54)24-14-22(62(46,47)48)16-30(32(24)26)66(58,59)60-39/h1-16H,(H,38,40)(H2,36,37,42)(H,43,44,45)(H,46,47,48)(H,49,50,51)(H,52,53,54)(H,55,56,57). The number of carbonyl (C=O) groups excluding carboxylic acids is 3. The van der Waals surface area contributed by atoms with Crippen molar-refractivity contribution in [2.75, 3.05) is 21.0 Å². The summed E-state index contributed by atoms with van der Waals surface area (Å²) in [5.74, 6) is -2.31. The highest BCUT2D eigenvalue weighted by Crippen LogP contribution is 2.43. The normalized spacial score (nSPS) is 14.2. The summed E-state index contributed by atoms with van der Waals surface area (Å²) in [4.78, 5) is 33.7. The van der Waals surface area contributed by atoms with Crippen LogP contribution in [0.5, 0.6) is 0 Å². The first-order valence-electron chi connectivity index (χ1n) is 17.3. The molecule has 0 aromatic heterocycles. The van der Waals surface area contributed by atoms with E-state index in [0.29, 0.717) is 30.3 Å². The van der Waals surface area contributed by atoms with E-state index in [1.54, 1.807) is 0 Å². The second-order valence-corrected chi connectivity index (χ2v) is 22.1. The number of hydrogen-bond donors (Lipinski definition) is 8. The maximum absolute atomic E-state index is 13.8. The monoisotopic (exact) mass is 1030 g/mol. The van der Waals surface area contributed by atoms with Gasteiger partial charge in [0.1, 0.15) is 19.6 Å². The molecule has 66 heavy (non-hydrogen) atoms. The molecule has 7 rings (SSSR count). The molecule has 31 heteroatoms. The van der Waals surface area contributed by atoms with Crippen molar-refractivity contribution in [3.05, 3.63) is 108 Å². The Morgan fingerprint density at radius 3 is 1.53 bits per heavy atom. The molecule has 8 N–H and O–H groups in total. The topological polar surface area (TPSA) is 406 Å². The average Bonchev–Trinajstić information content (AvgIpc) is 3.19. The van der Waals surface area contributed by atoms with E-state index in [9.17, 15) is 87.7 Å². The molecule has 0 aliphatic carbocycles. The Morgan fingerprint density at radius 1 is 0.515 bits per heavy atom. The lowest BCUT2D eigenvalue weighted by molar-refractivity contribution is 0.0883. The number of benzene rings is 6. The Morgan fingerprint density at radius 2 is 1.00 bits per heavy atom. The van der Waals surface area contributed by atoms with Crippen molar-refractivity contribution < 1.29 is 91.9 Å². The fraction of sp³-hybridized carbons (Fsp3) is 0. The van der Waals surface area contributed by atoms with E-state index in [2.05, 4.69) is 16.0 Å². The molecule has 0 atom stereocenters. The van der Waals surface area contributed by atoms with Gasteiger partial charge >= 0.3 is 16.1 Å². The molecular weight excluding hydrogens is 1000 g/mol. The van der Waals surface area contributed by atoms with E-state index in [1.807, 2.05) is 0 Å². The van der Waals surface area contributed by atoms with Gasteiger partial charge in [-0.2, -0.15) is 55.6 Å². The van der Waals surface area contributed by atoms with E-state index >= 15 is 0 Å². The van der Waals surface area contributed by atoms with Crippen LogP contribution in [0, 0.1) is 0 Å². The number of carbonyl (C=O) groups is 3. The van der Waals surface area contributed by atoms with Crippen molar-refractivity contribution in [1.29, 1.82) is 0 Å². The van der Waals surface area contributed by atoms with Gasteiger partial charge in [0.25, 0.3) is 62.4 Å². The highest BCUT2D eigenvalue weighted by atomic mass is 32.2. The fourth-order valence-corrected chi connectivity index (χ4v) is 11.1. The van der Waals surface area contributed by atoms with Crippen molar-refractivity contribution in [2.24, 2.45) is 0 Å². The zero-order chi connectivity index (χ0) is 48.7. The van der Waals surface area contributed by atoms with Gasteiger partial charge in [-0.15, -0.1) is 4.28 Å². The largest absolute Gasteiger partial charge is 0.323 e. The Labute approximate surface area is 371 Å². The van der Waals surface area contributed by atoms with Crippen LogP contribution < -0.4 is 21.0 Å². The van der Waals surface area contributed by atoms with Crippen LogP contribution in [0.25, 0.3) is 21.5 Å². The van der Waals surface area contributed by atoms with Crippen LogP contribution in [0.2, 0.25) is 0 Å². The molecule has 1 heterocycles. The van der Waals surface area contributed by atoms with Gasteiger partial charge in [0.2, 0.25) is 0 Å². The maximum Gasteiger partial charge on any atom is 0.323 e. The first kappa shape index (κ1) is 47.5. The minimum absolute atomic E-state index is 0.0875. The zero-order valence-corrected chi connectivity index (χ0v) is 36.8. The summed E-state index contributed by atoms with van der Waals surface area (Å²) in [6.45, 7) is 0.